The van der Waals surface area contributed by atoms with Gasteiger partial charge in [-0.05, 0) is 53.1 Å². The van der Waals surface area contributed by atoms with Crippen molar-refractivity contribution in [1.82, 2.24) is 4.90 Å². The molecule has 0 fully saturated rings. The van der Waals surface area contributed by atoms with E-state index in [4.69, 9.17) is 11.6 Å². The van der Waals surface area contributed by atoms with Gasteiger partial charge < -0.3 is 20.6 Å². The van der Waals surface area contributed by atoms with Crippen LogP contribution in [-0.2, 0) is 11.2 Å². The number of carboxylic acids is 1. The summed E-state index contributed by atoms with van der Waals surface area (Å²) in [6, 6.07) is 29.0. The lowest BCUT2D eigenvalue weighted by atomic mass is 10.0. The second kappa shape index (κ2) is 12.1. The molecule has 0 aromatic heterocycles. The number of para-hydroxylation sites is 1. The van der Waals surface area contributed by atoms with E-state index in [1.165, 1.54) is 11.9 Å². The Labute approximate surface area is 225 Å². The highest BCUT2D eigenvalue weighted by Gasteiger charge is 2.27. The van der Waals surface area contributed by atoms with Gasteiger partial charge in [0.25, 0.3) is 5.91 Å². The van der Waals surface area contributed by atoms with Gasteiger partial charge >= 0.3 is 12.0 Å². The third kappa shape index (κ3) is 6.57. The molecule has 0 aliphatic rings. The summed E-state index contributed by atoms with van der Waals surface area (Å²) in [4.78, 5) is 38.5. The second-order valence-electron chi connectivity index (χ2n) is 8.67. The van der Waals surface area contributed by atoms with Gasteiger partial charge in [0.1, 0.15) is 6.04 Å². The van der Waals surface area contributed by atoms with Gasteiger partial charge in [0.15, 0.2) is 0 Å². The van der Waals surface area contributed by atoms with Crippen LogP contribution in [-0.4, -0.2) is 41.0 Å². The number of amides is 3. The molecule has 0 unspecified atom stereocenters. The Hall–Kier alpha value is -4.62. The molecule has 0 aliphatic heterocycles. The molecule has 4 aromatic carbocycles. The fraction of sp³-hybridized carbons (Fsp3) is 0.100. The smallest absolute Gasteiger partial charge is 0.326 e. The maximum atomic E-state index is 13.0. The highest BCUT2D eigenvalue weighted by molar-refractivity contribution is 6.33. The molecule has 8 heteroatoms. The first-order valence-corrected chi connectivity index (χ1v) is 12.3. The maximum Gasteiger partial charge on any atom is 0.326 e. The molecule has 7 nitrogen and oxygen atoms in total. The lowest BCUT2D eigenvalue weighted by Crippen LogP contribution is -2.43. The number of hydrogen-bond donors (Lipinski definition) is 3. The number of benzene rings is 4. The third-order valence-electron chi connectivity index (χ3n) is 6.07. The van der Waals surface area contributed by atoms with Crippen molar-refractivity contribution in [3.8, 4) is 11.1 Å². The number of nitrogens with zero attached hydrogens (tertiary/aromatic N) is 1. The molecule has 0 heterocycles. The minimum absolute atomic E-state index is 0.216. The molecule has 38 heavy (non-hydrogen) atoms. The minimum atomic E-state index is -1.06. The van der Waals surface area contributed by atoms with E-state index in [0.717, 1.165) is 16.7 Å². The van der Waals surface area contributed by atoms with E-state index >= 15 is 0 Å². The molecule has 3 N–H and O–H groups in total. The fourth-order valence-electron chi connectivity index (χ4n) is 3.97. The number of rotatable bonds is 8. The van der Waals surface area contributed by atoms with E-state index in [9.17, 15) is 19.5 Å². The standard InChI is InChI=1S/C30H26ClN3O4/c1-34(27(29(36)37)19-20-7-3-2-4-8-20)28(35)23-13-11-21(12-14-23)22-15-17-24(18-16-22)32-30(38)33-26-10-6-5-9-25(26)31/h2-18,27H,19H2,1H3,(H,36,37)(H2,32,33,38)/t27-/m0/s1. The molecule has 0 saturated carbocycles. The number of carbonyl (C=O) groups excluding carboxylic acids is 2. The normalized spacial score (nSPS) is 11.3. The molecule has 1 atom stereocenters. The van der Waals surface area contributed by atoms with Gasteiger partial charge in [0, 0.05) is 24.7 Å². The number of anilines is 2. The summed E-state index contributed by atoms with van der Waals surface area (Å²) in [7, 11) is 1.51. The van der Waals surface area contributed by atoms with Gasteiger partial charge in [0.2, 0.25) is 0 Å². The average Bonchev–Trinajstić information content (AvgIpc) is 2.93. The van der Waals surface area contributed by atoms with Crippen molar-refractivity contribution in [2.45, 2.75) is 12.5 Å². The largest absolute Gasteiger partial charge is 0.480 e. The highest BCUT2D eigenvalue weighted by atomic mass is 35.5. The van der Waals surface area contributed by atoms with Crippen LogP contribution in [0.3, 0.4) is 0 Å². The van der Waals surface area contributed by atoms with Crippen LogP contribution in [0.15, 0.2) is 103 Å². The molecule has 0 spiro atoms. The molecule has 4 rings (SSSR count). The third-order valence-corrected chi connectivity index (χ3v) is 6.40. The summed E-state index contributed by atoms with van der Waals surface area (Å²) in [6.07, 6.45) is 0.216. The predicted molar refractivity (Wildman–Crippen MR) is 150 cm³/mol. The minimum Gasteiger partial charge on any atom is -0.480 e. The van der Waals surface area contributed by atoms with Gasteiger partial charge in [-0.25, -0.2) is 9.59 Å². The zero-order valence-electron chi connectivity index (χ0n) is 20.6. The Bertz CT molecular complexity index is 1420. The van der Waals surface area contributed by atoms with Crippen molar-refractivity contribution < 1.29 is 19.5 Å². The van der Waals surface area contributed by atoms with Crippen LogP contribution in [0.2, 0.25) is 5.02 Å². The number of halogens is 1. The summed E-state index contributed by atoms with van der Waals surface area (Å²) in [5.74, 6) is -1.43. The molecule has 4 aromatic rings. The van der Waals surface area contributed by atoms with E-state index in [-0.39, 0.29) is 12.3 Å². The number of likely N-dealkylation sites (N-methyl/N-ethyl adjacent to an activating group) is 1. The van der Waals surface area contributed by atoms with E-state index in [0.29, 0.717) is 22.0 Å². The zero-order chi connectivity index (χ0) is 27.1. The number of carboxylic acid groups (broad SMARTS) is 1. The second-order valence-corrected chi connectivity index (χ2v) is 9.08. The molecular weight excluding hydrogens is 502 g/mol. The highest BCUT2D eigenvalue weighted by Crippen LogP contribution is 2.24. The monoisotopic (exact) mass is 527 g/mol. The summed E-state index contributed by atoms with van der Waals surface area (Å²) >= 11 is 6.08. The van der Waals surface area contributed by atoms with E-state index in [2.05, 4.69) is 10.6 Å². The topological polar surface area (TPSA) is 98.7 Å². The Morgan fingerprint density at radius 1 is 0.789 bits per heavy atom. The van der Waals surface area contributed by atoms with Crippen molar-refractivity contribution >= 4 is 40.9 Å². The van der Waals surface area contributed by atoms with Crippen LogP contribution in [0.25, 0.3) is 11.1 Å². The lowest BCUT2D eigenvalue weighted by Gasteiger charge is -2.25. The average molecular weight is 528 g/mol. The van der Waals surface area contributed by atoms with Crippen molar-refractivity contribution in [2.24, 2.45) is 0 Å². The first kappa shape index (κ1) is 26.4. The van der Waals surface area contributed by atoms with E-state index in [1.807, 2.05) is 42.5 Å². The van der Waals surface area contributed by atoms with Crippen molar-refractivity contribution in [2.75, 3.05) is 17.7 Å². The van der Waals surface area contributed by atoms with Crippen LogP contribution in [0.1, 0.15) is 15.9 Å². The number of carbonyl (C=O) groups is 3. The zero-order valence-corrected chi connectivity index (χ0v) is 21.4. The molecule has 0 aliphatic carbocycles. The predicted octanol–water partition coefficient (Wildman–Crippen LogP) is 6.42. The Morgan fingerprint density at radius 2 is 1.37 bits per heavy atom. The van der Waals surface area contributed by atoms with Crippen molar-refractivity contribution in [3.63, 3.8) is 0 Å². The van der Waals surface area contributed by atoms with E-state index in [1.54, 1.807) is 60.7 Å². The lowest BCUT2D eigenvalue weighted by molar-refractivity contribution is -0.141. The summed E-state index contributed by atoms with van der Waals surface area (Å²) in [5, 5.41) is 15.6. The molecule has 0 radical (unpaired) electrons. The molecule has 3 amide bonds. The van der Waals surface area contributed by atoms with Crippen molar-refractivity contribution in [1.29, 1.82) is 0 Å². The molecule has 0 saturated heterocycles. The van der Waals surface area contributed by atoms with Crippen molar-refractivity contribution in [3.05, 3.63) is 119 Å². The fourth-order valence-corrected chi connectivity index (χ4v) is 4.15. The SMILES string of the molecule is CN(C(=O)c1ccc(-c2ccc(NC(=O)Nc3ccccc3Cl)cc2)cc1)[C@@H](Cc1ccccc1)C(=O)O. The van der Waals surface area contributed by atoms with Gasteiger partial charge in [-0.2, -0.15) is 0 Å². The van der Waals surface area contributed by atoms with Gasteiger partial charge in [-0.15, -0.1) is 0 Å². The number of nitrogens with one attached hydrogen (secondary N) is 2. The van der Waals surface area contributed by atoms with Gasteiger partial charge in [-0.1, -0.05) is 78.3 Å². The number of hydrogen-bond acceptors (Lipinski definition) is 3. The number of aliphatic carboxylic acids is 1. The first-order valence-electron chi connectivity index (χ1n) is 11.9. The van der Waals surface area contributed by atoms with Crippen LogP contribution in [0, 0.1) is 0 Å². The van der Waals surface area contributed by atoms with Crippen LogP contribution in [0.5, 0.6) is 0 Å². The van der Waals surface area contributed by atoms with Crippen LogP contribution < -0.4 is 10.6 Å². The molecule has 0 bridgehead atoms. The molecule has 192 valence electrons. The van der Waals surface area contributed by atoms with Crippen LogP contribution in [0.4, 0.5) is 16.2 Å². The van der Waals surface area contributed by atoms with Gasteiger partial charge in [-0.3, -0.25) is 4.79 Å². The maximum absolute atomic E-state index is 13.0. The first-order chi connectivity index (χ1) is 18.3. The Kier molecular flexibility index (Phi) is 8.40. The summed E-state index contributed by atoms with van der Waals surface area (Å²) in [6.45, 7) is 0. The summed E-state index contributed by atoms with van der Waals surface area (Å²) in [5.41, 5.74) is 4.11. The Morgan fingerprint density at radius 3 is 1.97 bits per heavy atom. The molecular formula is C30H26ClN3O4. The number of urea groups is 1. The van der Waals surface area contributed by atoms with Gasteiger partial charge in [0.05, 0.1) is 10.7 Å². The Balaban J connectivity index is 1.39. The van der Waals surface area contributed by atoms with E-state index < -0.39 is 18.0 Å². The van der Waals surface area contributed by atoms with Crippen LogP contribution >= 0.6 is 11.6 Å². The summed E-state index contributed by atoms with van der Waals surface area (Å²) < 4.78 is 0. The quantitative estimate of drug-likeness (QED) is 0.246.